The maximum atomic E-state index is 12.7. The van der Waals surface area contributed by atoms with Gasteiger partial charge < -0.3 is 0 Å². The third kappa shape index (κ3) is 3.67. The first-order valence-electron chi connectivity index (χ1n) is 9.26. The molecule has 2 aromatic heterocycles. The lowest BCUT2D eigenvalue weighted by Crippen LogP contribution is -2.25. The van der Waals surface area contributed by atoms with Gasteiger partial charge in [-0.05, 0) is 52.2 Å². The minimum absolute atomic E-state index is 0.143. The van der Waals surface area contributed by atoms with Gasteiger partial charge in [-0.2, -0.15) is 5.10 Å². The number of aryl methyl sites for hydroxylation is 1. The molecule has 1 amide bonds. The smallest absolute Gasteiger partial charge is 0.277 e. The molecule has 4 rings (SSSR count). The molecule has 5 nitrogen and oxygen atoms in total. The second-order valence-electron chi connectivity index (χ2n) is 8.12. The number of nitrogens with zero attached hydrogens (tertiary/aromatic N) is 3. The van der Waals surface area contributed by atoms with E-state index in [-0.39, 0.29) is 11.4 Å². The quantitative estimate of drug-likeness (QED) is 0.677. The van der Waals surface area contributed by atoms with Gasteiger partial charge in [0.1, 0.15) is 0 Å². The van der Waals surface area contributed by atoms with Gasteiger partial charge >= 0.3 is 0 Å². The number of carbonyl (C=O) groups is 1. The Labute approximate surface area is 163 Å². The number of amides is 1. The third-order valence-corrected chi connectivity index (χ3v) is 5.50. The van der Waals surface area contributed by atoms with Crippen LogP contribution in [-0.4, -0.2) is 20.7 Å². The zero-order chi connectivity index (χ0) is 19.2. The van der Waals surface area contributed by atoms with Gasteiger partial charge in [0.15, 0.2) is 10.8 Å². The highest BCUT2D eigenvalue weighted by molar-refractivity contribution is 7.14. The molecule has 1 fully saturated rings. The van der Waals surface area contributed by atoms with E-state index in [0.29, 0.717) is 16.7 Å². The Morgan fingerprint density at radius 3 is 2.67 bits per heavy atom. The predicted octanol–water partition coefficient (Wildman–Crippen LogP) is 5.20. The topological polar surface area (TPSA) is 59.8 Å². The van der Waals surface area contributed by atoms with Crippen molar-refractivity contribution >= 4 is 22.4 Å². The number of benzene rings is 1. The summed E-state index contributed by atoms with van der Waals surface area (Å²) in [5.74, 6) is 0.330. The summed E-state index contributed by atoms with van der Waals surface area (Å²) in [5, 5.41) is 10.1. The number of hydrogen-bond acceptors (Lipinski definition) is 4. The number of hydrogen-bond donors (Lipinski definition) is 1. The van der Waals surface area contributed by atoms with Crippen LogP contribution in [0.4, 0.5) is 5.13 Å². The zero-order valence-electron chi connectivity index (χ0n) is 16.1. The second-order valence-corrected chi connectivity index (χ2v) is 8.98. The molecular weight excluding hydrogens is 356 g/mol. The fourth-order valence-corrected chi connectivity index (χ4v) is 3.90. The van der Waals surface area contributed by atoms with Crippen LogP contribution in [0, 0.1) is 6.92 Å². The fourth-order valence-electron chi connectivity index (χ4n) is 3.19. The van der Waals surface area contributed by atoms with E-state index in [1.807, 2.05) is 34.3 Å². The lowest BCUT2D eigenvalue weighted by Gasteiger charge is -2.22. The summed E-state index contributed by atoms with van der Waals surface area (Å²) in [5.41, 5.74) is 4.61. The molecule has 3 aromatic rings. The van der Waals surface area contributed by atoms with Crippen LogP contribution in [0.3, 0.4) is 0 Å². The van der Waals surface area contributed by atoms with Crippen molar-refractivity contribution in [3.05, 3.63) is 52.7 Å². The molecule has 0 spiro atoms. The largest absolute Gasteiger partial charge is 0.296 e. The summed E-state index contributed by atoms with van der Waals surface area (Å²) in [6.07, 6.45) is 2.35. The maximum absolute atomic E-state index is 12.7. The van der Waals surface area contributed by atoms with E-state index in [0.717, 1.165) is 17.0 Å². The number of aromatic nitrogens is 3. The average molecular weight is 381 g/mol. The summed E-state index contributed by atoms with van der Waals surface area (Å²) in [4.78, 5) is 17.3. The number of thiazole rings is 1. The highest BCUT2D eigenvalue weighted by Gasteiger charge is 2.32. The van der Waals surface area contributed by atoms with Crippen LogP contribution < -0.4 is 5.32 Å². The molecule has 1 aromatic carbocycles. The van der Waals surface area contributed by atoms with Gasteiger partial charge in [-0.15, -0.1) is 11.3 Å². The Hall–Kier alpha value is -2.47. The zero-order valence-corrected chi connectivity index (χ0v) is 16.9. The third-order valence-electron chi connectivity index (χ3n) is 4.75. The molecule has 1 N–H and O–H groups in total. The molecule has 0 radical (unpaired) electrons. The number of nitrogens with one attached hydrogen (secondary N) is 1. The highest BCUT2D eigenvalue weighted by Crippen LogP contribution is 2.41. The SMILES string of the molecule is Cc1ccccc1-c1csc(NC(=O)c2cc(C3CC3)n(C(C)(C)C)n2)n1. The van der Waals surface area contributed by atoms with E-state index in [2.05, 4.69) is 49.2 Å². The molecule has 27 heavy (non-hydrogen) atoms. The molecule has 1 saturated carbocycles. The van der Waals surface area contributed by atoms with Gasteiger partial charge in [0.05, 0.1) is 11.2 Å². The Morgan fingerprint density at radius 2 is 2.00 bits per heavy atom. The van der Waals surface area contributed by atoms with E-state index >= 15 is 0 Å². The van der Waals surface area contributed by atoms with Crippen molar-refractivity contribution in [2.45, 2.75) is 52.0 Å². The van der Waals surface area contributed by atoms with Gasteiger partial charge in [-0.3, -0.25) is 14.8 Å². The Kier molecular flexibility index (Phi) is 4.38. The van der Waals surface area contributed by atoms with E-state index in [9.17, 15) is 4.79 Å². The summed E-state index contributed by atoms with van der Waals surface area (Å²) in [6.45, 7) is 8.40. The lowest BCUT2D eigenvalue weighted by molar-refractivity contribution is 0.102. The van der Waals surface area contributed by atoms with Gasteiger partial charge in [-0.1, -0.05) is 24.3 Å². The minimum Gasteiger partial charge on any atom is -0.296 e. The summed E-state index contributed by atoms with van der Waals surface area (Å²) in [7, 11) is 0. The molecule has 1 aliphatic carbocycles. The molecule has 140 valence electrons. The molecular formula is C21H24N4OS. The van der Waals surface area contributed by atoms with E-state index in [4.69, 9.17) is 0 Å². The molecule has 0 atom stereocenters. The Morgan fingerprint density at radius 1 is 1.26 bits per heavy atom. The second kappa shape index (κ2) is 6.60. The normalized spacial score (nSPS) is 14.4. The van der Waals surface area contributed by atoms with Crippen LogP contribution >= 0.6 is 11.3 Å². The van der Waals surface area contributed by atoms with Crippen LogP contribution in [0.2, 0.25) is 0 Å². The van der Waals surface area contributed by atoms with E-state index in [1.165, 1.54) is 29.7 Å². The highest BCUT2D eigenvalue weighted by atomic mass is 32.1. The Balaban J connectivity index is 1.56. The van der Waals surface area contributed by atoms with Gasteiger partial charge in [0.2, 0.25) is 0 Å². The fraction of sp³-hybridized carbons (Fsp3) is 0.381. The van der Waals surface area contributed by atoms with Crippen LogP contribution in [0.15, 0.2) is 35.7 Å². The molecule has 0 aliphatic heterocycles. The standard InChI is InChI=1S/C21H24N4OS/c1-13-7-5-6-8-15(13)17-12-27-20(22-17)23-19(26)16-11-18(14-9-10-14)25(24-16)21(2,3)4/h5-8,11-12,14H,9-10H2,1-4H3,(H,22,23,26). The summed E-state index contributed by atoms with van der Waals surface area (Å²) >= 11 is 1.43. The molecule has 6 heteroatoms. The molecule has 0 saturated heterocycles. The van der Waals surface area contributed by atoms with Crippen molar-refractivity contribution < 1.29 is 4.79 Å². The average Bonchev–Trinajstić information content (AvgIpc) is 3.17. The van der Waals surface area contributed by atoms with Crippen molar-refractivity contribution in [2.75, 3.05) is 5.32 Å². The first-order chi connectivity index (χ1) is 12.8. The van der Waals surface area contributed by atoms with Crippen LogP contribution in [0.1, 0.15) is 61.3 Å². The van der Waals surface area contributed by atoms with Crippen molar-refractivity contribution in [3.8, 4) is 11.3 Å². The van der Waals surface area contributed by atoms with E-state index in [1.54, 1.807) is 0 Å². The number of carbonyl (C=O) groups excluding carboxylic acids is 1. The summed E-state index contributed by atoms with van der Waals surface area (Å²) in [6, 6.07) is 10.1. The lowest BCUT2D eigenvalue weighted by atomic mass is 10.1. The van der Waals surface area contributed by atoms with Crippen molar-refractivity contribution in [1.29, 1.82) is 0 Å². The van der Waals surface area contributed by atoms with Crippen molar-refractivity contribution in [3.63, 3.8) is 0 Å². The van der Waals surface area contributed by atoms with Crippen molar-refractivity contribution in [1.82, 2.24) is 14.8 Å². The molecule has 0 bridgehead atoms. The molecule has 1 aliphatic rings. The first-order valence-corrected chi connectivity index (χ1v) is 10.1. The van der Waals surface area contributed by atoms with Gasteiger partial charge in [-0.25, -0.2) is 4.98 Å². The Bertz CT molecular complexity index is 992. The number of rotatable bonds is 4. The maximum Gasteiger partial charge on any atom is 0.277 e. The van der Waals surface area contributed by atoms with Crippen LogP contribution in [-0.2, 0) is 5.54 Å². The first kappa shape index (κ1) is 17.9. The van der Waals surface area contributed by atoms with Crippen LogP contribution in [0.25, 0.3) is 11.3 Å². The number of anilines is 1. The monoisotopic (exact) mass is 380 g/mol. The van der Waals surface area contributed by atoms with Gasteiger partial charge in [0, 0.05) is 22.6 Å². The molecule has 0 unspecified atom stereocenters. The molecule has 2 heterocycles. The summed E-state index contributed by atoms with van der Waals surface area (Å²) < 4.78 is 2.00. The van der Waals surface area contributed by atoms with Gasteiger partial charge in [0.25, 0.3) is 5.91 Å². The van der Waals surface area contributed by atoms with E-state index < -0.39 is 0 Å². The van der Waals surface area contributed by atoms with Crippen molar-refractivity contribution in [2.24, 2.45) is 0 Å². The van der Waals surface area contributed by atoms with Crippen LogP contribution in [0.5, 0.6) is 0 Å². The predicted molar refractivity (Wildman–Crippen MR) is 109 cm³/mol. The minimum atomic E-state index is -0.203.